The summed E-state index contributed by atoms with van der Waals surface area (Å²) in [6.45, 7) is 2.06. The molecule has 0 unspecified atom stereocenters. The molecule has 0 aliphatic carbocycles. The fourth-order valence-electron chi connectivity index (χ4n) is 2.22. The van der Waals surface area contributed by atoms with Gasteiger partial charge in [-0.2, -0.15) is 0 Å². The zero-order chi connectivity index (χ0) is 18.5. The third-order valence-electron chi connectivity index (χ3n) is 3.43. The summed E-state index contributed by atoms with van der Waals surface area (Å²) in [6.07, 6.45) is 0. The van der Waals surface area contributed by atoms with Crippen molar-refractivity contribution < 1.29 is 14.3 Å². The van der Waals surface area contributed by atoms with E-state index < -0.39 is 20.5 Å². The Morgan fingerprint density at radius 3 is 2.50 bits per heavy atom. The molecule has 0 saturated heterocycles. The van der Waals surface area contributed by atoms with E-state index in [1.54, 1.807) is 43.3 Å². The van der Waals surface area contributed by atoms with Crippen LogP contribution in [0.5, 0.6) is 0 Å². The van der Waals surface area contributed by atoms with Crippen molar-refractivity contribution in [2.75, 3.05) is 11.9 Å². The summed E-state index contributed by atoms with van der Waals surface area (Å²) >= 11 is -0.487. The molecule has 3 rings (SSSR count). The van der Waals surface area contributed by atoms with Gasteiger partial charge in [0.25, 0.3) is 0 Å². The second-order valence-electron chi connectivity index (χ2n) is 5.21. The van der Waals surface area contributed by atoms with Gasteiger partial charge in [-0.15, -0.1) is 0 Å². The summed E-state index contributed by atoms with van der Waals surface area (Å²) in [6, 6.07) is 15.7. The molecular formula is C18H16N4O3Se. The number of para-hydroxylation sites is 1. The van der Waals surface area contributed by atoms with Gasteiger partial charge in [0.2, 0.25) is 0 Å². The van der Waals surface area contributed by atoms with Crippen LogP contribution >= 0.6 is 0 Å². The van der Waals surface area contributed by atoms with Gasteiger partial charge in [-0.3, -0.25) is 0 Å². The zero-order valence-corrected chi connectivity index (χ0v) is 15.6. The van der Waals surface area contributed by atoms with E-state index in [1.165, 1.54) is 4.68 Å². The van der Waals surface area contributed by atoms with Gasteiger partial charge in [0, 0.05) is 0 Å². The second-order valence-corrected chi connectivity index (χ2v) is 7.26. The number of carbonyl (C=O) groups is 2. The monoisotopic (exact) mass is 416 g/mol. The normalized spacial score (nSPS) is 10.3. The molecule has 0 aliphatic heterocycles. The first-order valence-corrected chi connectivity index (χ1v) is 9.58. The number of hydrogen-bond acceptors (Lipinski definition) is 5. The fraction of sp³-hybridized carbons (Fsp3) is 0.111. The molecule has 1 amide bonds. The number of hydrogen-bond donors (Lipinski definition) is 2. The number of esters is 1. The predicted octanol–water partition coefficient (Wildman–Crippen LogP) is 1.84. The van der Waals surface area contributed by atoms with Crippen molar-refractivity contribution in [3.63, 3.8) is 0 Å². The first-order valence-electron chi connectivity index (χ1n) is 7.87. The average Bonchev–Trinajstić information content (AvgIpc) is 3.05. The van der Waals surface area contributed by atoms with Gasteiger partial charge in [0.15, 0.2) is 0 Å². The Kier molecular flexibility index (Phi) is 5.46. The summed E-state index contributed by atoms with van der Waals surface area (Å²) in [7, 11) is 0. The van der Waals surface area contributed by atoms with Gasteiger partial charge in [-0.05, 0) is 0 Å². The number of amides is 1. The van der Waals surface area contributed by atoms with Crippen molar-refractivity contribution in [3.05, 3.63) is 69.1 Å². The molecule has 0 aliphatic rings. The first kappa shape index (κ1) is 17.8. The van der Waals surface area contributed by atoms with Gasteiger partial charge in [0.05, 0.1) is 0 Å². The minimum atomic E-state index is -0.487. The van der Waals surface area contributed by atoms with Crippen LogP contribution in [0.15, 0.2) is 54.6 Å². The predicted molar refractivity (Wildman–Crippen MR) is 96.7 cm³/mol. The minimum absolute atomic E-state index is 0.250. The van der Waals surface area contributed by atoms with Crippen LogP contribution in [-0.2, 0) is 4.74 Å². The Bertz CT molecular complexity index is 978. The van der Waals surface area contributed by atoms with Gasteiger partial charge < -0.3 is 0 Å². The van der Waals surface area contributed by atoms with Crippen LogP contribution in [0.1, 0.15) is 26.6 Å². The number of nitrogens with one attached hydrogen (secondary N) is 2. The quantitative estimate of drug-likeness (QED) is 0.491. The Hall–Kier alpha value is -2.96. The van der Waals surface area contributed by atoms with E-state index in [0.717, 1.165) is 0 Å². The van der Waals surface area contributed by atoms with Gasteiger partial charge in [-0.25, -0.2) is 0 Å². The molecule has 0 spiro atoms. The summed E-state index contributed by atoms with van der Waals surface area (Å²) in [5.74, 6) is -0.710. The average molecular weight is 415 g/mol. The summed E-state index contributed by atoms with van der Waals surface area (Å²) in [5, 5.41) is 15.2. The van der Waals surface area contributed by atoms with E-state index in [1.807, 2.05) is 18.2 Å². The zero-order valence-electron chi connectivity index (χ0n) is 13.9. The van der Waals surface area contributed by atoms with Crippen molar-refractivity contribution in [1.82, 2.24) is 9.78 Å². The van der Waals surface area contributed by atoms with E-state index in [0.29, 0.717) is 28.1 Å². The van der Waals surface area contributed by atoms with Crippen LogP contribution < -0.4 is 9.68 Å². The van der Waals surface area contributed by atoms with E-state index in [-0.39, 0.29) is 10.3 Å². The maximum atomic E-state index is 12.3. The number of ether oxygens (including phenoxy) is 1. The summed E-state index contributed by atoms with van der Waals surface area (Å²) in [5.41, 5.74) is 1.73. The molecule has 1 aromatic heterocycles. The Morgan fingerprint density at radius 2 is 1.85 bits per heavy atom. The van der Waals surface area contributed by atoms with Crippen LogP contribution in [0.4, 0.5) is 5.69 Å². The number of anilines is 1. The van der Waals surface area contributed by atoms with Crippen molar-refractivity contribution in [2.24, 2.45) is 0 Å². The van der Waals surface area contributed by atoms with E-state index in [4.69, 9.17) is 10.1 Å². The molecule has 132 valence electrons. The van der Waals surface area contributed by atoms with Crippen LogP contribution in [0, 0.1) is 5.41 Å². The standard InChI is InChI=1S/C18H16N4O3Se/c1-2-25-17(24)12-8-10-14(11-9-12)22-18(19)26-16(21-22)15(23)20-13-6-4-3-5-7-13/h3-11,19H,2H2,1H3,(H,20,23). The van der Waals surface area contributed by atoms with E-state index in [2.05, 4.69) is 10.4 Å². The first-order chi connectivity index (χ1) is 12.6. The van der Waals surface area contributed by atoms with Crippen molar-refractivity contribution in [1.29, 1.82) is 5.41 Å². The van der Waals surface area contributed by atoms with Crippen LogP contribution in [0.2, 0.25) is 0 Å². The molecular weight excluding hydrogens is 399 g/mol. The molecule has 0 atom stereocenters. The summed E-state index contributed by atoms with van der Waals surface area (Å²) in [4.78, 5) is 24.0. The number of aromatic nitrogens is 2. The number of rotatable bonds is 5. The number of benzene rings is 2. The molecule has 0 saturated carbocycles. The maximum absolute atomic E-state index is 12.3. The molecule has 0 bridgehead atoms. The van der Waals surface area contributed by atoms with Crippen LogP contribution in [-0.4, -0.2) is 42.8 Å². The molecule has 3 aromatic rings. The Labute approximate surface area is 155 Å². The molecule has 2 N–H and O–H groups in total. The van der Waals surface area contributed by atoms with Gasteiger partial charge >= 0.3 is 155 Å². The topological polar surface area (TPSA) is 97.1 Å². The molecule has 1 heterocycles. The Balaban J connectivity index is 1.81. The van der Waals surface area contributed by atoms with Gasteiger partial charge in [-0.1, -0.05) is 0 Å². The summed E-state index contributed by atoms with van der Waals surface area (Å²) < 4.78 is 6.93. The third kappa shape index (κ3) is 3.99. The Morgan fingerprint density at radius 1 is 1.15 bits per heavy atom. The second kappa shape index (κ2) is 7.95. The van der Waals surface area contributed by atoms with Crippen molar-refractivity contribution in [3.8, 4) is 5.69 Å². The van der Waals surface area contributed by atoms with Crippen LogP contribution in [0.3, 0.4) is 0 Å². The molecule has 0 radical (unpaired) electrons. The molecule has 8 heteroatoms. The SMILES string of the molecule is CCOC(=O)c1ccc(-n2nc(C(=O)Nc3ccccc3)[se]c2=N)cc1. The van der Waals surface area contributed by atoms with E-state index >= 15 is 0 Å². The van der Waals surface area contributed by atoms with Gasteiger partial charge in [0.1, 0.15) is 0 Å². The number of nitrogens with zero attached hydrogens (tertiary/aromatic N) is 2. The fourth-order valence-corrected chi connectivity index (χ4v) is 3.65. The molecule has 0 fully saturated rings. The molecule has 7 nitrogen and oxygen atoms in total. The third-order valence-corrected chi connectivity index (χ3v) is 5.16. The number of carbonyl (C=O) groups excluding carboxylic acids is 2. The van der Waals surface area contributed by atoms with Crippen molar-refractivity contribution >= 4 is 32.1 Å². The van der Waals surface area contributed by atoms with Crippen LogP contribution in [0.25, 0.3) is 5.69 Å². The van der Waals surface area contributed by atoms with E-state index in [9.17, 15) is 9.59 Å². The van der Waals surface area contributed by atoms with Crippen molar-refractivity contribution in [2.45, 2.75) is 6.92 Å². The molecule has 26 heavy (non-hydrogen) atoms. The molecule has 2 aromatic carbocycles.